The molecular weight excluding hydrogens is 262 g/mol. The van der Waals surface area contributed by atoms with Gasteiger partial charge in [-0.3, -0.25) is 9.69 Å². The Morgan fingerprint density at radius 1 is 1.35 bits per heavy atom. The molecular formula is C15H22F2N2O. The van der Waals surface area contributed by atoms with E-state index in [0.29, 0.717) is 0 Å². The molecule has 0 fully saturated rings. The quantitative estimate of drug-likeness (QED) is 0.920. The molecule has 0 saturated heterocycles. The van der Waals surface area contributed by atoms with Crippen molar-refractivity contribution in [2.75, 3.05) is 18.9 Å². The molecule has 0 heterocycles. The first kappa shape index (κ1) is 16.6. The normalized spacial score (nSPS) is 13.4. The molecule has 1 aromatic carbocycles. The van der Waals surface area contributed by atoms with Crippen LogP contribution in [0.2, 0.25) is 0 Å². The summed E-state index contributed by atoms with van der Waals surface area (Å²) in [6.07, 6.45) is 0. The highest BCUT2D eigenvalue weighted by molar-refractivity contribution is 5.92. The minimum atomic E-state index is -0.647. The van der Waals surface area contributed by atoms with Gasteiger partial charge in [0, 0.05) is 12.1 Å². The first-order valence-electron chi connectivity index (χ1n) is 6.56. The number of benzene rings is 1. The largest absolute Gasteiger partial charge is 0.322 e. The summed E-state index contributed by atoms with van der Waals surface area (Å²) in [5, 5.41) is 2.39. The molecule has 0 aliphatic carbocycles. The summed E-state index contributed by atoms with van der Waals surface area (Å²) < 4.78 is 26.4. The third-order valence-corrected chi connectivity index (χ3v) is 3.51. The van der Waals surface area contributed by atoms with Gasteiger partial charge in [-0.1, -0.05) is 20.8 Å². The highest BCUT2D eigenvalue weighted by Crippen LogP contribution is 2.23. The number of hydrogen-bond acceptors (Lipinski definition) is 2. The second-order valence-corrected chi connectivity index (χ2v) is 6.13. The van der Waals surface area contributed by atoms with E-state index >= 15 is 0 Å². The number of nitrogens with one attached hydrogen (secondary N) is 1. The van der Waals surface area contributed by atoms with E-state index < -0.39 is 11.6 Å². The van der Waals surface area contributed by atoms with Crippen LogP contribution < -0.4 is 5.32 Å². The maximum Gasteiger partial charge on any atom is 0.238 e. The smallest absolute Gasteiger partial charge is 0.238 e. The van der Waals surface area contributed by atoms with Crippen molar-refractivity contribution in [1.82, 2.24) is 4.90 Å². The van der Waals surface area contributed by atoms with E-state index in [2.05, 4.69) is 26.1 Å². The lowest BCUT2D eigenvalue weighted by molar-refractivity contribution is -0.117. The van der Waals surface area contributed by atoms with Gasteiger partial charge in [-0.25, -0.2) is 8.78 Å². The Hall–Kier alpha value is -1.49. The van der Waals surface area contributed by atoms with Crippen LogP contribution in [0.3, 0.4) is 0 Å². The van der Waals surface area contributed by atoms with E-state index in [9.17, 15) is 13.6 Å². The predicted molar refractivity (Wildman–Crippen MR) is 76.5 cm³/mol. The number of nitrogens with zero attached hydrogens (tertiary/aromatic N) is 1. The summed E-state index contributed by atoms with van der Waals surface area (Å²) in [5.41, 5.74) is -0.106. The zero-order chi connectivity index (χ0) is 15.5. The van der Waals surface area contributed by atoms with Crippen LogP contribution in [-0.2, 0) is 4.79 Å². The van der Waals surface area contributed by atoms with Gasteiger partial charge in [0.15, 0.2) is 0 Å². The number of anilines is 1. The zero-order valence-electron chi connectivity index (χ0n) is 12.6. The van der Waals surface area contributed by atoms with Gasteiger partial charge in [-0.05, 0) is 31.5 Å². The molecule has 112 valence electrons. The third kappa shape index (κ3) is 4.56. The van der Waals surface area contributed by atoms with Gasteiger partial charge in [-0.15, -0.1) is 0 Å². The van der Waals surface area contributed by atoms with Gasteiger partial charge in [0.2, 0.25) is 5.91 Å². The maximum absolute atomic E-state index is 13.4. The number of carbonyl (C=O) groups excluding carboxylic acids is 1. The number of halogens is 2. The van der Waals surface area contributed by atoms with Crippen LogP contribution in [0.25, 0.3) is 0 Å². The molecule has 1 N–H and O–H groups in total. The van der Waals surface area contributed by atoms with Crippen molar-refractivity contribution in [2.45, 2.75) is 33.7 Å². The molecule has 0 saturated carbocycles. The Bertz CT molecular complexity index is 483. The van der Waals surface area contributed by atoms with Crippen molar-refractivity contribution in [3.63, 3.8) is 0 Å². The van der Waals surface area contributed by atoms with Crippen LogP contribution in [0.1, 0.15) is 27.7 Å². The number of amides is 1. The van der Waals surface area contributed by atoms with Crippen molar-refractivity contribution in [1.29, 1.82) is 0 Å². The van der Waals surface area contributed by atoms with Crippen molar-refractivity contribution < 1.29 is 13.6 Å². The first-order chi connectivity index (χ1) is 9.11. The molecule has 1 aromatic rings. The fraction of sp³-hybridized carbons (Fsp3) is 0.533. The Balaban J connectivity index is 2.66. The van der Waals surface area contributed by atoms with Gasteiger partial charge in [0.25, 0.3) is 0 Å². The number of rotatable bonds is 4. The SMILES string of the molecule is CC(N(C)CC(=O)Nc1cc(F)ccc1F)C(C)(C)C. The van der Waals surface area contributed by atoms with Crippen molar-refractivity contribution in [3.05, 3.63) is 29.8 Å². The van der Waals surface area contributed by atoms with Gasteiger partial charge in [0.05, 0.1) is 12.2 Å². The molecule has 0 aliphatic rings. The van der Waals surface area contributed by atoms with Crippen molar-refractivity contribution in [3.8, 4) is 0 Å². The lowest BCUT2D eigenvalue weighted by Gasteiger charge is -2.34. The fourth-order valence-electron chi connectivity index (χ4n) is 1.81. The van der Waals surface area contributed by atoms with Crippen LogP contribution >= 0.6 is 0 Å². The van der Waals surface area contributed by atoms with E-state index in [1.54, 1.807) is 0 Å². The second kappa shape index (κ2) is 6.31. The standard InChI is InChI=1S/C15H22F2N2O/c1-10(15(2,3)4)19(5)9-14(20)18-13-8-11(16)6-7-12(13)17/h6-8,10H,9H2,1-5H3,(H,18,20). The van der Waals surface area contributed by atoms with E-state index in [-0.39, 0.29) is 29.6 Å². The highest BCUT2D eigenvalue weighted by atomic mass is 19.1. The average Bonchev–Trinajstić information content (AvgIpc) is 2.31. The Morgan fingerprint density at radius 3 is 2.50 bits per heavy atom. The summed E-state index contributed by atoms with van der Waals surface area (Å²) in [6.45, 7) is 8.39. The van der Waals surface area contributed by atoms with Crippen LogP contribution in [0.15, 0.2) is 18.2 Å². The lowest BCUT2D eigenvalue weighted by atomic mass is 9.87. The third-order valence-electron chi connectivity index (χ3n) is 3.51. The first-order valence-corrected chi connectivity index (χ1v) is 6.56. The lowest BCUT2D eigenvalue weighted by Crippen LogP contribution is -2.43. The van der Waals surface area contributed by atoms with Gasteiger partial charge >= 0.3 is 0 Å². The predicted octanol–water partition coefficient (Wildman–Crippen LogP) is 3.27. The molecule has 1 atom stereocenters. The van der Waals surface area contributed by atoms with Crippen LogP contribution in [0, 0.1) is 17.0 Å². The van der Waals surface area contributed by atoms with Crippen molar-refractivity contribution >= 4 is 11.6 Å². The summed E-state index contributed by atoms with van der Waals surface area (Å²) in [7, 11) is 1.83. The zero-order valence-corrected chi connectivity index (χ0v) is 12.6. The molecule has 1 rings (SSSR count). The molecule has 0 bridgehead atoms. The van der Waals surface area contributed by atoms with Gasteiger partial charge in [0.1, 0.15) is 11.6 Å². The van der Waals surface area contributed by atoms with Crippen LogP contribution in [-0.4, -0.2) is 30.4 Å². The Labute approximate surface area is 119 Å². The molecule has 0 aromatic heterocycles. The molecule has 0 spiro atoms. The van der Waals surface area contributed by atoms with Crippen molar-refractivity contribution in [2.24, 2.45) is 5.41 Å². The Kier molecular flexibility index (Phi) is 5.22. The van der Waals surface area contributed by atoms with E-state index in [1.807, 2.05) is 18.9 Å². The van der Waals surface area contributed by atoms with Gasteiger partial charge in [-0.2, -0.15) is 0 Å². The fourth-order valence-corrected chi connectivity index (χ4v) is 1.81. The highest BCUT2D eigenvalue weighted by Gasteiger charge is 2.25. The molecule has 0 radical (unpaired) electrons. The van der Waals surface area contributed by atoms with Gasteiger partial charge < -0.3 is 5.32 Å². The Morgan fingerprint density at radius 2 is 1.95 bits per heavy atom. The number of hydrogen-bond donors (Lipinski definition) is 1. The second-order valence-electron chi connectivity index (χ2n) is 6.13. The summed E-state index contributed by atoms with van der Waals surface area (Å²) in [6, 6.07) is 3.15. The number of likely N-dealkylation sites (N-methyl/N-ethyl adjacent to an activating group) is 1. The summed E-state index contributed by atoms with van der Waals surface area (Å²) in [5.74, 6) is -1.60. The van der Waals surface area contributed by atoms with E-state index in [4.69, 9.17) is 0 Å². The molecule has 1 amide bonds. The topological polar surface area (TPSA) is 32.3 Å². The van der Waals surface area contributed by atoms with Crippen LogP contribution in [0.4, 0.5) is 14.5 Å². The molecule has 3 nitrogen and oxygen atoms in total. The van der Waals surface area contributed by atoms with E-state index in [1.165, 1.54) is 0 Å². The molecule has 1 unspecified atom stereocenters. The minimum absolute atomic E-state index is 0.0269. The molecule has 20 heavy (non-hydrogen) atoms. The number of carbonyl (C=O) groups is 1. The average molecular weight is 284 g/mol. The summed E-state index contributed by atoms with van der Waals surface area (Å²) in [4.78, 5) is 13.8. The summed E-state index contributed by atoms with van der Waals surface area (Å²) >= 11 is 0. The van der Waals surface area contributed by atoms with Crippen LogP contribution in [0.5, 0.6) is 0 Å². The maximum atomic E-state index is 13.4. The minimum Gasteiger partial charge on any atom is -0.322 e. The molecule has 0 aliphatic heterocycles. The van der Waals surface area contributed by atoms with E-state index in [0.717, 1.165) is 18.2 Å². The monoisotopic (exact) mass is 284 g/mol. The molecule has 5 heteroatoms.